The van der Waals surface area contributed by atoms with Gasteiger partial charge in [0.2, 0.25) is 0 Å². The van der Waals surface area contributed by atoms with Crippen molar-refractivity contribution in [2.75, 3.05) is 18.5 Å². The van der Waals surface area contributed by atoms with E-state index in [2.05, 4.69) is 36.5 Å². The standard InChI is InChI=1S/C20H17BrF3N5O2/c21-14-3-1-2-13(10-14)19(30)25-17-4-5-18(27-26-17)29-16(20(22,23)24)11-15(28-29)12-6-8-31-9-7-12/h1-5,10-12H,6-9H2,(H,25,26,30). The minimum atomic E-state index is -4.61. The molecule has 1 aromatic carbocycles. The van der Waals surface area contributed by atoms with E-state index in [1.54, 1.807) is 24.3 Å². The van der Waals surface area contributed by atoms with Gasteiger partial charge in [-0.3, -0.25) is 4.79 Å². The topological polar surface area (TPSA) is 81.9 Å². The van der Waals surface area contributed by atoms with Crippen molar-refractivity contribution in [1.29, 1.82) is 0 Å². The first-order chi connectivity index (χ1) is 14.8. The van der Waals surface area contributed by atoms with E-state index in [0.29, 0.717) is 37.3 Å². The zero-order valence-electron chi connectivity index (χ0n) is 16.1. The fourth-order valence-electron chi connectivity index (χ4n) is 3.29. The van der Waals surface area contributed by atoms with Gasteiger partial charge in [-0.2, -0.15) is 18.3 Å². The van der Waals surface area contributed by atoms with Gasteiger partial charge in [-0.1, -0.05) is 22.0 Å². The van der Waals surface area contributed by atoms with Crippen LogP contribution in [0, 0.1) is 0 Å². The van der Waals surface area contributed by atoms with E-state index < -0.39 is 17.8 Å². The minimum Gasteiger partial charge on any atom is -0.381 e. The normalized spacial score (nSPS) is 15.1. The Labute approximate surface area is 183 Å². The summed E-state index contributed by atoms with van der Waals surface area (Å²) in [5.74, 6) is -0.502. The Balaban J connectivity index is 1.58. The second-order valence-electron chi connectivity index (χ2n) is 6.99. The highest BCUT2D eigenvalue weighted by Gasteiger charge is 2.37. The molecule has 1 N–H and O–H groups in total. The summed E-state index contributed by atoms with van der Waals surface area (Å²) in [7, 11) is 0. The number of carbonyl (C=O) groups is 1. The Bertz CT molecular complexity index is 1080. The van der Waals surface area contributed by atoms with Crippen molar-refractivity contribution in [3.63, 3.8) is 0 Å². The molecule has 0 unspecified atom stereocenters. The highest BCUT2D eigenvalue weighted by atomic mass is 79.9. The van der Waals surface area contributed by atoms with Crippen LogP contribution in [0.2, 0.25) is 0 Å². The maximum absolute atomic E-state index is 13.6. The van der Waals surface area contributed by atoms with Gasteiger partial charge in [0.25, 0.3) is 5.91 Å². The lowest BCUT2D eigenvalue weighted by atomic mass is 9.96. The fourth-order valence-corrected chi connectivity index (χ4v) is 3.69. The molecule has 11 heteroatoms. The number of hydrogen-bond acceptors (Lipinski definition) is 5. The third-order valence-electron chi connectivity index (χ3n) is 4.85. The molecule has 0 atom stereocenters. The number of benzene rings is 1. The highest BCUT2D eigenvalue weighted by Crippen LogP contribution is 2.35. The van der Waals surface area contributed by atoms with Crippen molar-refractivity contribution < 1.29 is 22.7 Å². The molecule has 162 valence electrons. The summed E-state index contributed by atoms with van der Waals surface area (Å²) in [4.78, 5) is 12.3. The van der Waals surface area contributed by atoms with E-state index in [1.165, 1.54) is 12.1 Å². The molecule has 0 aliphatic carbocycles. The van der Waals surface area contributed by atoms with Gasteiger partial charge in [0.15, 0.2) is 11.6 Å². The number of ether oxygens (including phenoxy) is 1. The second-order valence-corrected chi connectivity index (χ2v) is 7.91. The number of nitrogens with one attached hydrogen (secondary N) is 1. The number of amides is 1. The van der Waals surface area contributed by atoms with Crippen LogP contribution in [0.3, 0.4) is 0 Å². The predicted octanol–water partition coefficient (Wildman–Crippen LogP) is 4.59. The van der Waals surface area contributed by atoms with Gasteiger partial charge in [-0.15, -0.1) is 10.2 Å². The lowest BCUT2D eigenvalue weighted by Gasteiger charge is -2.19. The molecule has 31 heavy (non-hydrogen) atoms. The van der Waals surface area contributed by atoms with Crippen LogP contribution < -0.4 is 5.32 Å². The summed E-state index contributed by atoms with van der Waals surface area (Å²) in [6.07, 6.45) is -3.38. The first-order valence-corrected chi connectivity index (χ1v) is 10.3. The largest absolute Gasteiger partial charge is 0.433 e. The van der Waals surface area contributed by atoms with Crippen LogP contribution in [0.15, 0.2) is 46.9 Å². The molecule has 0 bridgehead atoms. The Morgan fingerprint density at radius 1 is 1.13 bits per heavy atom. The lowest BCUT2D eigenvalue weighted by Crippen LogP contribution is -2.16. The number of nitrogens with zero attached hydrogens (tertiary/aromatic N) is 4. The van der Waals surface area contributed by atoms with Crippen LogP contribution in [0.1, 0.15) is 40.5 Å². The van der Waals surface area contributed by atoms with Crippen molar-refractivity contribution in [3.8, 4) is 5.82 Å². The summed E-state index contributed by atoms with van der Waals surface area (Å²) in [5, 5.41) is 14.4. The smallest absolute Gasteiger partial charge is 0.381 e. The Kier molecular flexibility index (Phi) is 6.05. The summed E-state index contributed by atoms with van der Waals surface area (Å²) in [6, 6.07) is 10.5. The first kappa shape index (κ1) is 21.4. The van der Waals surface area contributed by atoms with Crippen molar-refractivity contribution in [1.82, 2.24) is 20.0 Å². The van der Waals surface area contributed by atoms with E-state index in [4.69, 9.17) is 4.74 Å². The summed E-state index contributed by atoms with van der Waals surface area (Å²) in [6.45, 7) is 0.982. The molecule has 4 rings (SSSR count). The number of alkyl halides is 3. The first-order valence-electron chi connectivity index (χ1n) is 9.47. The molecule has 1 saturated heterocycles. The molecule has 1 fully saturated rings. The molecule has 0 spiro atoms. The molecule has 3 heterocycles. The van der Waals surface area contributed by atoms with Crippen LogP contribution in [0.25, 0.3) is 5.82 Å². The van der Waals surface area contributed by atoms with Gasteiger partial charge in [0, 0.05) is 29.2 Å². The maximum atomic E-state index is 13.6. The number of carbonyl (C=O) groups excluding carboxylic acids is 1. The molecule has 1 aliphatic heterocycles. The van der Waals surface area contributed by atoms with Crippen molar-refractivity contribution in [3.05, 3.63) is 63.9 Å². The van der Waals surface area contributed by atoms with Crippen LogP contribution in [0.4, 0.5) is 19.0 Å². The van der Waals surface area contributed by atoms with Gasteiger partial charge < -0.3 is 10.1 Å². The third kappa shape index (κ3) is 4.93. The van der Waals surface area contributed by atoms with Crippen molar-refractivity contribution >= 4 is 27.7 Å². The highest BCUT2D eigenvalue weighted by molar-refractivity contribution is 9.10. The fraction of sp³-hybridized carbons (Fsp3) is 0.300. The van der Waals surface area contributed by atoms with Crippen LogP contribution >= 0.6 is 15.9 Å². The average molecular weight is 496 g/mol. The Morgan fingerprint density at radius 2 is 1.90 bits per heavy atom. The summed E-state index contributed by atoms with van der Waals surface area (Å²) in [5.41, 5.74) is -0.175. The molecule has 0 radical (unpaired) electrons. The summed E-state index contributed by atoms with van der Waals surface area (Å²) >= 11 is 3.29. The number of rotatable bonds is 4. The molecule has 1 amide bonds. The van der Waals surface area contributed by atoms with Crippen molar-refractivity contribution in [2.24, 2.45) is 0 Å². The predicted molar refractivity (Wildman–Crippen MR) is 109 cm³/mol. The number of anilines is 1. The summed E-state index contributed by atoms with van der Waals surface area (Å²) < 4.78 is 47.5. The molecular formula is C20H17BrF3N5O2. The van der Waals surface area contributed by atoms with E-state index in [-0.39, 0.29) is 17.6 Å². The SMILES string of the molecule is O=C(Nc1ccc(-n2nc(C3CCOCC3)cc2C(F)(F)F)nn1)c1cccc(Br)c1. The van der Waals surface area contributed by atoms with Gasteiger partial charge in [-0.25, -0.2) is 4.68 Å². The minimum absolute atomic E-state index is 0.0916. The molecule has 3 aromatic rings. The third-order valence-corrected chi connectivity index (χ3v) is 5.35. The number of halogens is 4. The lowest BCUT2D eigenvalue weighted by molar-refractivity contribution is -0.142. The zero-order valence-corrected chi connectivity index (χ0v) is 17.7. The van der Waals surface area contributed by atoms with Crippen molar-refractivity contribution in [2.45, 2.75) is 24.9 Å². The number of hydrogen-bond donors (Lipinski definition) is 1. The molecular weight excluding hydrogens is 479 g/mol. The molecule has 1 aliphatic rings. The zero-order chi connectivity index (χ0) is 22.0. The van der Waals surface area contributed by atoms with Crippen LogP contribution in [-0.4, -0.2) is 39.1 Å². The maximum Gasteiger partial charge on any atom is 0.433 e. The van der Waals surface area contributed by atoms with Gasteiger partial charge in [0.1, 0.15) is 5.69 Å². The Hall–Kier alpha value is -2.79. The molecule has 7 nitrogen and oxygen atoms in total. The van der Waals surface area contributed by atoms with Gasteiger partial charge in [0.05, 0.1) is 5.69 Å². The van der Waals surface area contributed by atoms with Crippen LogP contribution in [-0.2, 0) is 10.9 Å². The Morgan fingerprint density at radius 3 is 2.55 bits per heavy atom. The monoisotopic (exact) mass is 495 g/mol. The van der Waals surface area contributed by atoms with E-state index in [1.807, 2.05) is 0 Å². The van der Waals surface area contributed by atoms with Crippen LogP contribution in [0.5, 0.6) is 0 Å². The van der Waals surface area contributed by atoms with Gasteiger partial charge in [-0.05, 0) is 49.2 Å². The average Bonchev–Trinajstić information content (AvgIpc) is 3.21. The number of aromatic nitrogens is 4. The second kappa shape index (κ2) is 8.75. The van der Waals surface area contributed by atoms with E-state index in [9.17, 15) is 18.0 Å². The molecule has 0 saturated carbocycles. The quantitative estimate of drug-likeness (QED) is 0.572. The molecule has 2 aromatic heterocycles. The van der Waals surface area contributed by atoms with E-state index in [0.717, 1.165) is 15.2 Å². The van der Waals surface area contributed by atoms with Gasteiger partial charge >= 0.3 is 6.18 Å². The van der Waals surface area contributed by atoms with E-state index >= 15 is 0 Å².